The second-order valence-electron chi connectivity index (χ2n) is 4.88. The lowest BCUT2D eigenvalue weighted by Crippen LogP contribution is -2.16. The standard InChI is InChI=1S/C17H15F2NO3S/c1-10-12(17(22)23-2)4-3-5-15(10)20-16(21)9-24-11-6-7-13(18)14(19)8-11/h3-8H,9H2,1-2H3,(H,20,21). The van der Waals surface area contributed by atoms with Crippen molar-refractivity contribution in [1.82, 2.24) is 0 Å². The molecule has 0 aromatic heterocycles. The molecule has 0 saturated heterocycles. The van der Waals surface area contributed by atoms with Crippen molar-refractivity contribution >= 4 is 29.3 Å². The number of hydrogen-bond acceptors (Lipinski definition) is 4. The molecule has 7 heteroatoms. The molecule has 0 spiro atoms. The third-order valence-electron chi connectivity index (χ3n) is 3.27. The lowest BCUT2D eigenvalue weighted by molar-refractivity contribution is -0.113. The van der Waals surface area contributed by atoms with Crippen LogP contribution in [0, 0.1) is 18.6 Å². The monoisotopic (exact) mass is 351 g/mol. The summed E-state index contributed by atoms with van der Waals surface area (Å²) in [5, 5.41) is 2.69. The summed E-state index contributed by atoms with van der Waals surface area (Å²) < 4.78 is 30.7. The Balaban J connectivity index is 2.02. The van der Waals surface area contributed by atoms with E-state index in [2.05, 4.69) is 10.1 Å². The van der Waals surface area contributed by atoms with Gasteiger partial charge in [0.05, 0.1) is 18.4 Å². The van der Waals surface area contributed by atoms with Crippen LogP contribution in [0.15, 0.2) is 41.3 Å². The summed E-state index contributed by atoms with van der Waals surface area (Å²) in [6.07, 6.45) is 0. The summed E-state index contributed by atoms with van der Waals surface area (Å²) in [5.41, 5.74) is 1.45. The van der Waals surface area contributed by atoms with E-state index in [0.717, 1.165) is 23.9 Å². The molecule has 0 fully saturated rings. The Hall–Kier alpha value is -2.41. The molecule has 0 atom stereocenters. The zero-order valence-electron chi connectivity index (χ0n) is 13.1. The van der Waals surface area contributed by atoms with Crippen molar-refractivity contribution in [3.05, 3.63) is 59.2 Å². The molecule has 1 amide bonds. The Morgan fingerprint density at radius 2 is 1.92 bits per heavy atom. The Labute approximate surface area is 142 Å². The number of esters is 1. The van der Waals surface area contributed by atoms with E-state index in [-0.39, 0.29) is 11.7 Å². The van der Waals surface area contributed by atoms with Gasteiger partial charge in [0.2, 0.25) is 5.91 Å². The van der Waals surface area contributed by atoms with Gasteiger partial charge in [-0.2, -0.15) is 0 Å². The molecular formula is C17H15F2NO3S. The van der Waals surface area contributed by atoms with Gasteiger partial charge in [-0.25, -0.2) is 13.6 Å². The van der Waals surface area contributed by atoms with Crippen LogP contribution in [-0.4, -0.2) is 24.7 Å². The highest BCUT2D eigenvalue weighted by molar-refractivity contribution is 8.00. The fraction of sp³-hybridized carbons (Fsp3) is 0.176. The van der Waals surface area contributed by atoms with Gasteiger partial charge < -0.3 is 10.1 Å². The zero-order valence-corrected chi connectivity index (χ0v) is 13.9. The second-order valence-corrected chi connectivity index (χ2v) is 5.93. The molecule has 0 bridgehead atoms. The number of thioether (sulfide) groups is 1. The van der Waals surface area contributed by atoms with Gasteiger partial charge in [0.15, 0.2) is 11.6 Å². The minimum absolute atomic E-state index is 0.0208. The molecule has 0 aliphatic rings. The molecule has 0 aliphatic carbocycles. The normalized spacial score (nSPS) is 10.3. The number of methoxy groups -OCH3 is 1. The lowest BCUT2D eigenvalue weighted by Gasteiger charge is -2.11. The van der Waals surface area contributed by atoms with Crippen LogP contribution in [0.25, 0.3) is 0 Å². The van der Waals surface area contributed by atoms with Gasteiger partial charge >= 0.3 is 5.97 Å². The summed E-state index contributed by atoms with van der Waals surface area (Å²) in [5.74, 6) is -2.68. The van der Waals surface area contributed by atoms with Crippen LogP contribution in [0.4, 0.5) is 14.5 Å². The van der Waals surface area contributed by atoms with Gasteiger partial charge in [0.1, 0.15) is 0 Å². The second kappa shape index (κ2) is 7.92. The van der Waals surface area contributed by atoms with Crippen LogP contribution < -0.4 is 5.32 Å². The SMILES string of the molecule is COC(=O)c1cccc(NC(=O)CSc2ccc(F)c(F)c2)c1C. The molecule has 0 unspecified atom stereocenters. The van der Waals surface area contributed by atoms with Crippen molar-refractivity contribution in [3.63, 3.8) is 0 Å². The predicted octanol–water partition coefficient (Wildman–Crippen LogP) is 3.79. The van der Waals surface area contributed by atoms with Crippen LogP contribution >= 0.6 is 11.8 Å². The zero-order chi connectivity index (χ0) is 17.7. The average Bonchev–Trinajstić information content (AvgIpc) is 2.57. The summed E-state index contributed by atoms with van der Waals surface area (Å²) in [7, 11) is 1.28. The number of hydrogen-bond donors (Lipinski definition) is 1. The van der Waals surface area contributed by atoms with Gasteiger partial charge in [0.25, 0.3) is 0 Å². The van der Waals surface area contributed by atoms with Gasteiger partial charge in [-0.05, 0) is 42.8 Å². The van der Waals surface area contributed by atoms with E-state index in [4.69, 9.17) is 0 Å². The first kappa shape index (κ1) is 17.9. The first-order valence-electron chi connectivity index (χ1n) is 6.98. The number of halogens is 2. The van der Waals surface area contributed by atoms with E-state index < -0.39 is 17.6 Å². The highest BCUT2D eigenvalue weighted by atomic mass is 32.2. The Kier molecular flexibility index (Phi) is 5.92. The summed E-state index contributed by atoms with van der Waals surface area (Å²) in [6, 6.07) is 8.36. The lowest BCUT2D eigenvalue weighted by atomic mass is 10.1. The number of benzene rings is 2. The van der Waals surface area contributed by atoms with Crippen molar-refractivity contribution < 1.29 is 23.1 Å². The topological polar surface area (TPSA) is 55.4 Å². The average molecular weight is 351 g/mol. The number of carbonyl (C=O) groups is 2. The van der Waals surface area contributed by atoms with Crippen molar-refractivity contribution in [3.8, 4) is 0 Å². The van der Waals surface area contributed by atoms with E-state index >= 15 is 0 Å². The van der Waals surface area contributed by atoms with E-state index in [9.17, 15) is 18.4 Å². The summed E-state index contributed by atoms with van der Waals surface area (Å²) in [6.45, 7) is 1.70. The van der Waals surface area contributed by atoms with Crippen LogP contribution in [-0.2, 0) is 9.53 Å². The quantitative estimate of drug-likeness (QED) is 0.658. The Morgan fingerprint density at radius 1 is 1.17 bits per heavy atom. The van der Waals surface area contributed by atoms with E-state index in [1.165, 1.54) is 13.2 Å². The first-order valence-corrected chi connectivity index (χ1v) is 7.96. The van der Waals surface area contributed by atoms with Gasteiger partial charge in [-0.1, -0.05) is 6.07 Å². The number of carbonyl (C=O) groups excluding carboxylic acids is 2. The van der Waals surface area contributed by atoms with Crippen molar-refractivity contribution in [2.75, 3.05) is 18.2 Å². The maximum absolute atomic E-state index is 13.1. The predicted molar refractivity (Wildman–Crippen MR) is 88.2 cm³/mol. The number of amides is 1. The third-order valence-corrected chi connectivity index (χ3v) is 4.27. The van der Waals surface area contributed by atoms with E-state index in [1.807, 2.05) is 0 Å². The van der Waals surface area contributed by atoms with Gasteiger partial charge in [-0.3, -0.25) is 4.79 Å². The molecule has 2 aromatic carbocycles. The molecule has 2 aromatic rings. The van der Waals surface area contributed by atoms with Gasteiger partial charge in [0, 0.05) is 10.6 Å². The minimum atomic E-state index is -0.956. The van der Waals surface area contributed by atoms with Crippen LogP contribution in [0.2, 0.25) is 0 Å². The molecule has 0 radical (unpaired) electrons. The molecule has 1 N–H and O–H groups in total. The molecule has 2 rings (SSSR count). The molecule has 126 valence electrons. The smallest absolute Gasteiger partial charge is 0.338 e. The first-order chi connectivity index (χ1) is 11.4. The largest absolute Gasteiger partial charge is 0.465 e. The molecule has 0 heterocycles. The number of nitrogens with one attached hydrogen (secondary N) is 1. The molecule has 4 nitrogen and oxygen atoms in total. The maximum Gasteiger partial charge on any atom is 0.338 e. The molecular weight excluding hydrogens is 336 g/mol. The molecule has 0 aliphatic heterocycles. The van der Waals surface area contributed by atoms with Crippen molar-refractivity contribution in [2.45, 2.75) is 11.8 Å². The fourth-order valence-corrected chi connectivity index (χ4v) is 2.72. The fourth-order valence-electron chi connectivity index (χ4n) is 2.00. The molecule has 24 heavy (non-hydrogen) atoms. The van der Waals surface area contributed by atoms with E-state index in [0.29, 0.717) is 21.7 Å². The molecule has 0 saturated carbocycles. The maximum atomic E-state index is 13.1. The van der Waals surface area contributed by atoms with Crippen molar-refractivity contribution in [1.29, 1.82) is 0 Å². The summed E-state index contributed by atoms with van der Waals surface area (Å²) in [4.78, 5) is 24.1. The highest BCUT2D eigenvalue weighted by Crippen LogP contribution is 2.22. The Bertz CT molecular complexity index is 780. The van der Waals surface area contributed by atoms with Crippen LogP contribution in [0.3, 0.4) is 0 Å². The van der Waals surface area contributed by atoms with E-state index in [1.54, 1.807) is 25.1 Å². The van der Waals surface area contributed by atoms with Gasteiger partial charge in [-0.15, -0.1) is 11.8 Å². The van der Waals surface area contributed by atoms with Crippen LogP contribution in [0.1, 0.15) is 15.9 Å². The minimum Gasteiger partial charge on any atom is -0.465 e. The number of ether oxygens (including phenoxy) is 1. The highest BCUT2D eigenvalue weighted by Gasteiger charge is 2.13. The van der Waals surface area contributed by atoms with Crippen LogP contribution in [0.5, 0.6) is 0 Å². The number of rotatable bonds is 5. The Morgan fingerprint density at radius 3 is 2.58 bits per heavy atom. The summed E-state index contributed by atoms with van der Waals surface area (Å²) >= 11 is 1.08. The number of anilines is 1. The third kappa shape index (κ3) is 4.32. The van der Waals surface area contributed by atoms with Crippen molar-refractivity contribution in [2.24, 2.45) is 0 Å².